The fraction of sp³-hybridized carbons (Fsp3) is 0.882. The molecule has 0 amide bonds. The van der Waals surface area contributed by atoms with Crippen LogP contribution in [0.1, 0.15) is 32.6 Å². The van der Waals surface area contributed by atoms with E-state index in [4.69, 9.17) is 25.7 Å². The summed E-state index contributed by atoms with van der Waals surface area (Å²) < 4.78 is 60.8. The Kier molecular flexibility index (Phi) is 11.2. The number of carbonyl (C=O) groups is 2. The maximum Gasteiger partial charge on any atom is 0.490 e. The van der Waals surface area contributed by atoms with Crippen LogP contribution in [0.25, 0.3) is 0 Å². The second kappa shape index (κ2) is 12.5. The van der Waals surface area contributed by atoms with E-state index in [9.17, 15) is 31.5 Å². The van der Waals surface area contributed by atoms with Gasteiger partial charge in [0, 0.05) is 38.6 Å². The Morgan fingerprint density at radius 1 is 1.24 bits per heavy atom. The third kappa shape index (κ3) is 8.03. The first kappa shape index (κ1) is 30.5. The first-order valence-electron chi connectivity index (χ1n) is 10.7. The second-order valence-corrected chi connectivity index (χ2v) is 10.2. The fourth-order valence-electron chi connectivity index (χ4n) is 3.63. The molecular formula is C17H32BF3N4O8S. The maximum atomic E-state index is 13.2. The molecule has 0 aromatic heterocycles. The van der Waals surface area contributed by atoms with Gasteiger partial charge in [-0.15, -0.1) is 0 Å². The smallest absolute Gasteiger partial charge is 0.480 e. The third-order valence-corrected chi connectivity index (χ3v) is 7.77. The number of hydrogen-bond acceptors (Lipinski definition) is 8. The summed E-state index contributed by atoms with van der Waals surface area (Å²) in [5.74, 6) is -4.58. The third-order valence-electron chi connectivity index (χ3n) is 5.77. The highest BCUT2D eigenvalue weighted by atomic mass is 32.2. The SMILES string of the molecule is CCCCN(C1CNC1)S(=O)(=O)N1C[C@H](CCCB(O)O)[C@](N)(C(=O)O)C1.O=C(O)C(F)(F)F. The second-order valence-electron chi connectivity index (χ2n) is 8.33. The zero-order valence-corrected chi connectivity index (χ0v) is 19.6. The molecule has 34 heavy (non-hydrogen) atoms. The number of nitrogens with two attached hydrogens (primary N) is 1. The van der Waals surface area contributed by atoms with Crippen LogP contribution in [-0.2, 0) is 19.8 Å². The van der Waals surface area contributed by atoms with E-state index >= 15 is 0 Å². The summed E-state index contributed by atoms with van der Waals surface area (Å²) in [6.45, 7) is 3.30. The molecule has 0 radical (unpaired) electrons. The summed E-state index contributed by atoms with van der Waals surface area (Å²) in [4.78, 5) is 20.7. The van der Waals surface area contributed by atoms with Crippen molar-refractivity contribution in [3.05, 3.63) is 0 Å². The summed E-state index contributed by atoms with van der Waals surface area (Å²) in [7, 11) is -5.30. The van der Waals surface area contributed by atoms with Gasteiger partial charge in [0.25, 0.3) is 10.2 Å². The normalized spacial score (nSPS) is 23.8. The standard InChI is InChI=1S/C15H31BN4O6S.C2HF3O2/c1-2-3-7-20(13-8-18-9-13)27(25,26)19-10-12(5-4-6-16(23)24)15(17,11-19)14(21)22;3-2(4,5)1(6)7/h12-13,18,23-24H,2-11,17H2,1H3,(H,21,22);(H,6,7)/t12-,15-;/m0./s1. The molecular weight excluding hydrogens is 488 g/mol. The molecule has 2 atom stereocenters. The molecule has 0 spiro atoms. The molecule has 0 aromatic carbocycles. The van der Waals surface area contributed by atoms with Crippen LogP contribution >= 0.6 is 0 Å². The van der Waals surface area contributed by atoms with Crippen LogP contribution in [0.5, 0.6) is 0 Å². The fourth-order valence-corrected chi connectivity index (χ4v) is 5.56. The highest BCUT2D eigenvalue weighted by Crippen LogP contribution is 2.33. The minimum absolute atomic E-state index is 0.0232. The van der Waals surface area contributed by atoms with Crippen molar-refractivity contribution in [3.8, 4) is 0 Å². The summed E-state index contributed by atoms with van der Waals surface area (Å²) in [5.41, 5.74) is 4.43. The van der Waals surface area contributed by atoms with Gasteiger partial charge in [-0.25, -0.2) is 4.79 Å². The Balaban J connectivity index is 0.000000718. The zero-order valence-electron chi connectivity index (χ0n) is 18.7. The van der Waals surface area contributed by atoms with Crippen molar-refractivity contribution in [2.24, 2.45) is 11.7 Å². The Labute approximate surface area is 196 Å². The average Bonchev–Trinajstić information content (AvgIpc) is 3.02. The van der Waals surface area contributed by atoms with E-state index in [1.165, 1.54) is 8.61 Å². The number of carboxylic acids is 2. The van der Waals surface area contributed by atoms with Crippen molar-refractivity contribution in [1.29, 1.82) is 0 Å². The van der Waals surface area contributed by atoms with Gasteiger partial charge in [-0.3, -0.25) is 4.79 Å². The van der Waals surface area contributed by atoms with Crippen LogP contribution in [0.3, 0.4) is 0 Å². The van der Waals surface area contributed by atoms with Crippen molar-refractivity contribution in [3.63, 3.8) is 0 Å². The molecule has 7 N–H and O–H groups in total. The molecule has 2 aliphatic rings. The zero-order chi connectivity index (χ0) is 26.3. The molecule has 2 aliphatic heterocycles. The summed E-state index contributed by atoms with van der Waals surface area (Å²) in [6.07, 6.45) is -2.74. The Morgan fingerprint density at radius 2 is 1.79 bits per heavy atom. The van der Waals surface area contributed by atoms with Gasteiger partial charge in [0.1, 0.15) is 5.54 Å². The molecule has 2 heterocycles. The van der Waals surface area contributed by atoms with Gasteiger partial charge in [-0.1, -0.05) is 19.8 Å². The Morgan fingerprint density at radius 3 is 2.18 bits per heavy atom. The van der Waals surface area contributed by atoms with Gasteiger partial charge in [-0.2, -0.15) is 30.2 Å². The van der Waals surface area contributed by atoms with Crippen LogP contribution in [0.4, 0.5) is 13.2 Å². The average molecular weight is 520 g/mol. The van der Waals surface area contributed by atoms with Crippen molar-refractivity contribution in [2.45, 2.75) is 56.7 Å². The minimum atomic E-state index is -5.08. The number of carboxylic acid groups (broad SMARTS) is 2. The molecule has 0 saturated carbocycles. The molecule has 2 saturated heterocycles. The number of nitrogens with one attached hydrogen (secondary N) is 1. The number of halogens is 3. The lowest BCUT2D eigenvalue weighted by atomic mass is 9.78. The van der Waals surface area contributed by atoms with E-state index < -0.39 is 46.9 Å². The molecule has 17 heteroatoms. The summed E-state index contributed by atoms with van der Waals surface area (Å²) >= 11 is 0. The summed E-state index contributed by atoms with van der Waals surface area (Å²) in [6, 6.07) is -0.123. The molecule has 2 fully saturated rings. The van der Waals surface area contributed by atoms with Crippen LogP contribution in [0.2, 0.25) is 6.32 Å². The molecule has 0 aliphatic carbocycles. The number of aliphatic carboxylic acids is 2. The van der Waals surface area contributed by atoms with Gasteiger partial charge >= 0.3 is 25.2 Å². The van der Waals surface area contributed by atoms with E-state index in [1.54, 1.807) is 0 Å². The van der Waals surface area contributed by atoms with E-state index in [0.717, 1.165) is 12.8 Å². The number of hydrogen-bond donors (Lipinski definition) is 6. The van der Waals surface area contributed by atoms with Crippen molar-refractivity contribution < 1.29 is 51.4 Å². The predicted octanol–water partition coefficient (Wildman–Crippen LogP) is -1.09. The lowest BCUT2D eigenvalue weighted by Gasteiger charge is -2.39. The molecule has 0 unspecified atom stereocenters. The first-order valence-corrected chi connectivity index (χ1v) is 12.1. The highest BCUT2D eigenvalue weighted by molar-refractivity contribution is 7.86. The number of unbranched alkanes of at least 4 members (excludes halogenated alkanes) is 1. The monoisotopic (exact) mass is 520 g/mol. The van der Waals surface area contributed by atoms with E-state index in [1.807, 2.05) is 6.92 Å². The Hall–Kier alpha value is -1.50. The topological polar surface area (TPSA) is 194 Å². The van der Waals surface area contributed by atoms with Gasteiger partial charge in [-0.05, 0) is 19.2 Å². The minimum Gasteiger partial charge on any atom is -0.480 e. The van der Waals surface area contributed by atoms with E-state index in [2.05, 4.69) is 5.32 Å². The molecule has 2 rings (SSSR count). The summed E-state index contributed by atoms with van der Waals surface area (Å²) in [5, 5.41) is 37.8. The van der Waals surface area contributed by atoms with Crippen molar-refractivity contribution in [1.82, 2.24) is 13.9 Å². The van der Waals surface area contributed by atoms with Gasteiger partial charge in [0.15, 0.2) is 0 Å². The Bertz CT molecular complexity index is 800. The lowest BCUT2D eigenvalue weighted by molar-refractivity contribution is -0.192. The van der Waals surface area contributed by atoms with E-state index in [-0.39, 0.29) is 25.5 Å². The van der Waals surface area contributed by atoms with Gasteiger partial charge < -0.3 is 31.3 Å². The van der Waals surface area contributed by atoms with Crippen LogP contribution < -0.4 is 11.1 Å². The van der Waals surface area contributed by atoms with Crippen LogP contribution in [0.15, 0.2) is 0 Å². The van der Waals surface area contributed by atoms with Gasteiger partial charge in [0.2, 0.25) is 0 Å². The highest BCUT2D eigenvalue weighted by Gasteiger charge is 2.54. The molecule has 0 bridgehead atoms. The van der Waals surface area contributed by atoms with Crippen LogP contribution in [0, 0.1) is 5.92 Å². The number of alkyl halides is 3. The quantitative estimate of drug-likeness (QED) is 0.182. The molecule has 12 nitrogen and oxygen atoms in total. The van der Waals surface area contributed by atoms with E-state index in [0.29, 0.717) is 32.5 Å². The lowest BCUT2D eigenvalue weighted by Crippen LogP contribution is -2.62. The van der Waals surface area contributed by atoms with Crippen molar-refractivity contribution >= 4 is 29.3 Å². The number of nitrogens with zero attached hydrogens (tertiary/aromatic N) is 2. The molecule has 198 valence electrons. The first-order chi connectivity index (χ1) is 15.6. The van der Waals surface area contributed by atoms with Crippen molar-refractivity contribution in [2.75, 3.05) is 32.7 Å². The van der Waals surface area contributed by atoms with Gasteiger partial charge in [0.05, 0.1) is 6.04 Å². The largest absolute Gasteiger partial charge is 0.490 e. The predicted molar refractivity (Wildman–Crippen MR) is 115 cm³/mol. The number of rotatable bonds is 11. The van der Waals surface area contributed by atoms with Crippen LogP contribution in [-0.4, -0.2) is 107 Å². The molecule has 0 aromatic rings. The maximum absolute atomic E-state index is 13.2.